The summed E-state index contributed by atoms with van der Waals surface area (Å²) in [5, 5.41) is 0. The second kappa shape index (κ2) is 3.78. The van der Waals surface area contributed by atoms with E-state index in [0.29, 0.717) is 19.4 Å². The van der Waals surface area contributed by atoms with Crippen LogP contribution in [0, 0.1) is 0 Å². The van der Waals surface area contributed by atoms with Gasteiger partial charge in [-0.15, -0.1) is 0 Å². The van der Waals surface area contributed by atoms with Crippen LogP contribution < -0.4 is 0 Å². The maximum Gasteiger partial charge on any atom is 0.337 e. The van der Waals surface area contributed by atoms with Crippen LogP contribution in [0.2, 0.25) is 0 Å². The quantitative estimate of drug-likeness (QED) is 0.601. The highest BCUT2D eigenvalue weighted by atomic mass is 31.2. The standard InChI is InChI=1S/C7H14NO4P/c1-8-5-3-2-4-6(7(8)9)13(10,11)12/h6H,2-5H2,1H3,(H2,10,11,12)/t6-/m0/s1. The average Bonchev–Trinajstić information content (AvgIpc) is 2.14. The molecule has 0 aromatic carbocycles. The van der Waals surface area contributed by atoms with Gasteiger partial charge in [-0.05, 0) is 12.8 Å². The number of carbonyl (C=O) groups is 1. The third-order valence-electron chi connectivity index (χ3n) is 2.29. The van der Waals surface area contributed by atoms with Crippen molar-refractivity contribution in [1.29, 1.82) is 0 Å². The Labute approximate surface area is 76.9 Å². The molecule has 1 fully saturated rings. The van der Waals surface area contributed by atoms with Gasteiger partial charge in [0.2, 0.25) is 5.91 Å². The number of nitrogens with zero attached hydrogens (tertiary/aromatic N) is 1. The third-order valence-corrected chi connectivity index (χ3v) is 3.58. The van der Waals surface area contributed by atoms with Crippen LogP contribution in [0.1, 0.15) is 19.3 Å². The van der Waals surface area contributed by atoms with Crippen LogP contribution in [-0.4, -0.2) is 39.8 Å². The van der Waals surface area contributed by atoms with Gasteiger partial charge in [0.15, 0.2) is 0 Å². The molecule has 1 rings (SSSR count). The lowest BCUT2D eigenvalue weighted by molar-refractivity contribution is -0.129. The van der Waals surface area contributed by atoms with Crippen molar-refractivity contribution >= 4 is 13.5 Å². The smallest absolute Gasteiger partial charge is 0.337 e. The summed E-state index contributed by atoms with van der Waals surface area (Å²) in [5.74, 6) is -0.425. The number of amides is 1. The molecule has 1 saturated heterocycles. The highest BCUT2D eigenvalue weighted by molar-refractivity contribution is 7.53. The summed E-state index contributed by atoms with van der Waals surface area (Å²) in [6, 6.07) is 0. The van der Waals surface area contributed by atoms with E-state index in [0.717, 1.165) is 6.42 Å². The molecule has 0 saturated carbocycles. The second-order valence-corrected chi connectivity index (χ2v) is 5.16. The van der Waals surface area contributed by atoms with Crippen LogP contribution in [0.5, 0.6) is 0 Å². The van der Waals surface area contributed by atoms with Crippen LogP contribution in [0.3, 0.4) is 0 Å². The van der Waals surface area contributed by atoms with Gasteiger partial charge in [-0.1, -0.05) is 6.42 Å². The van der Waals surface area contributed by atoms with E-state index in [1.54, 1.807) is 7.05 Å². The summed E-state index contributed by atoms with van der Waals surface area (Å²) in [4.78, 5) is 30.7. The molecule has 2 N–H and O–H groups in total. The SMILES string of the molecule is CN1CCCC[C@H](P(=O)(O)O)C1=O. The van der Waals surface area contributed by atoms with Gasteiger partial charge in [-0.3, -0.25) is 9.36 Å². The first-order chi connectivity index (χ1) is 5.93. The lowest BCUT2D eigenvalue weighted by Crippen LogP contribution is -2.34. The van der Waals surface area contributed by atoms with E-state index in [1.807, 2.05) is 0 Å². The minimum atomic E-state index is -4.25. The molecule has 0 bridgehead atoms. The predicted molar refractivity (Wildman–Crippen MR) is 47.3 cm³/mol. The minimum absolute atomic E-state index is 0.299. The Morgan fingerprint density at radius 2 is 2.08 bits per heavy atom. The van der Waals surface area contributed by atoms with E-state index in [2.05, 4.69) is 0 Å². The Morgan fingerprint density at radius 3 is 2.62 bits per heavy atom. The molecule has 0 unspecified atom stereocenters. The van der Waals surface area contributed by atoms with Gasteiger partial charge < -0.3 is 14.7 Å². The summed E-state index contributed by atoms with van der Waals surface area (Å²) >= 11 is 0. The summed E-state index contributed by atoms with van der Waals surface area (Å²) in [6.45, 7) is 0.593. The molecular formula is C7H14NO4P. The van der Waals surface area contributed by atoms with Crippen molar-refractivity contribution in [1.82, 2.24) is 4.90 Å². The summed E-state index contributed by atoms with van der Waals surface area (Å²) in [6.07, 6.45) is 1.82. The molecule has 0 spiro atoms. The first-order valence-electron chi connectivity index (χ1n) is 4.23. The molecule has 0 aromatic heterocycles. The normalized spacial score (nSPS) is 25.9. The molecular weight excluding hydrogens is 193 g/mol. The maximum absolute atomic E-state index is 11.4. The first kappa shape index (κ1) is 10.7. The second-order valence-electron chi connectivity index (χ2n) is 3.36. The van der Waals surface area contributed by atoms with Crippen molar-refractivity contribution in [3.63, 3.8) is 0 Å². The summed E-state index contributed by atoms with van der Waals surface area (Å²) < 4.78 is 10.9. The van der Waals surface area contributed by atoms with E-state index in [1.165, 1.54) is 4.90 Å². The van der Waals surface area contributed by atoms with E-state index in [-0.39, 0.29) is 0 Å². The van der Waals surface area contributed by atoms with Crippen LogP contribution in [0.4, 0.5) is 0 Å². The van der Waals surface area contributed by atoms with Gasteiger partial charge in [0.1, 0.15) is 5.66 Å². The number of likely N-dealkylation sites (tertiary alicyclic amines) is 1. The van der Waals surface area contributed by atoms with Crippen molar-refractivity contribution in [2.75, 3.05) is 13.6 Å². The minimum Gasteiger partial charge on any atom is -0.345 e. The van der Waals surface area contributed by atoms with Crippen molar-refractivity contribution in [3.05, 3.63) is 0 Å². The lowest BCUT2D eigenvalue weighted by Gasteiger charge is -2.20. The highest BCUT2D eigenvalue weighted by Gasteiger charge is 2.37. The van der Waals surface area contributed by atoms with Crippen LogP contribution in [-0.2, 0) is 9.36 Å². The first-order valence-corrected chi connectivity index (χ1v) is 5.91. The van der Waals surface area contributed by atoms with Crippen molar-refractivity contribution in [3.8, 4) is 0 Å². The zero-order chi connectivity index (χ0) is 10.1. The topological polar surface area (TPSA) is 77.8 Å². The van der Waals surface area contributed by atoms with Crippen molar-refractivity contribution < 1.29 is 19.1 Å². The Hall–Kier alpha value is -0.380. The van der Waals surface area contributed by atoms with Crippen LogP contribution in [0.25, 0.3) is 0 Å². The van der Waals surface area contributed by atoms with Gasteiger partial charge in [0.05, 0.1) is 0 Å². The van der Waals surface area contributed by atoms with Gasteiger partial charge in [-0.25, -0.2) is 0 Å². The van der Waals surface area contributed by atoms with E-state index < -0.39 is 19.2 Å². The predicted octanol–water partition coefficient (Wildman–Crippen LogP) is 0.175. The molecule has 76 valence electrons. The fourth-order valence-corrected chi connectivity index (χ4v) is 2.49. The Bertz CT molecular complexity index is 249. The van der Waals surface area contributed by atoms with Crippen LogP contribution >= 0.6 is 7.60 Å². The van der Waals surface area contributed by atoms with Crippen molar-refractivity contribution in [2.45, 2.75) is 24.9 Å². The molecule has 1 heterocycles. The Morgan fingerprint density at radius 1 is 1.46 bits per heavy atom. The Kier molecular flexibility index (Phi) is 3.11. The van der Waals surface area contributed by atoms with E-state index in [4.69, 9.17) is 9.79 Å². The molecule has 6 heteroatoms. The van der Waals surface area contributed by atoms with Gasteiger partial charge in [0, 0.05) is 13.6 Å². The van der Waals surface area contributed by atoms with Crippen LogP contribution in [0.15, 0.2) is 0 Å². The number of hydrogen-bond donors (Lipinski definition) is 2. The zero-order valence-electron chi connectivity index (χ0n) is 7.51. The highest BCUT2D eigenvalue weighted by Crippen LogP contribution is 2.45. The number of hydrogen-bond acceptors (Lipinski definition) is 2. The van der Waals surface area contributed by atoms with Gasteiger partial charge in [0.25, 0.3) is 0 Å². The molecule has 5 nitrogen and oxygen atoms in total. The summed E-state index contributed by atoms with van der Waals surface area (Å²) in [7, 11) is -2.67. The molecule has 0 aromatic rings. The molecule has 13 heavy (non-hydrogen) atoms. The number of rotatable bonds is 1. The monoisotopic (exact) mass is 207 g/mol. The maximum atomic E-state index is 11.4. The fraction of sp³-hybridized carbons (Fsp3) is 0.857. The largest absolute Gasteiger partial charge is 0.345 e. The third kappa shape index (κ3) is 2.53. The fourth-order valence-electron chi connectivity index (χ4n) is 1.49. The molecule has 1 aliphatic heterocycles. The summed E-state index contributed by atoms with van der Waals surface area (Å²) in [5.41, 5.74) is -1.11. The molecule has 1 atom stereocenters. The molecule has 0 radical (unpaired) electrons. The molecule has 1 amide bonds. The van der Waals surface area contributed by atoms with Gasteiger partial charge in [-0.2, -0.15) is 0 Å². The van der Waals surface area contributed by atoms with Crippen molar-refractivity contribution in [2.24, 2.45) is 0 Å². The lowest BCUT2D eigenvalue weighted by atomic mass is 10.2. The molecule has 1 aliphatic rings. The number of carbonyl (C=O) groups excluding carboxylic acids is 1. The Balaban J connectivity index is 2.83. The zero-order valence-corrected chi connectivity index (χ0v) is 8.41. The average molecular weight is 207 g/mol. The molecule has 0 aliphatic carbocycles. The van der Waals surface area contributed by atoms with E-state index >= 15 is 0 Å². The van der Waals surface area contributed by atoms with Gasteiger partial charge >= 0.3 is 7.60 Å². The van der Waals surface area contributed by atoms with E-state index in [9.17, 15) is 9.36 Å².